The molecule has 0 fully saturated rings. The summed E-state index contributed by atoms with van der Waals surface area (Å²) in [7, 11) is 0. The van der Waals surface area contributed by atoms with Crippen LogP contribution in [0.2, 0.25) is 5.15 Å². The van der Waals surface area contributed by atoms with Crippen molar-refractivity contribution < 1.29 is 0 Å². The summed E-state index contributed by atoms with van der Waals surface area (Å²) in [4.78, 5) is 31.4. The number of H-pyrrole nitrogens is 3. The first-order valence-electron chi connectivity index (χ1n) is 6.53. The van der Waals surface area contributed by atoms with Crippen LogP contribution in [-0.4, -0.2) is 29.9 Å². The standard InChI is InChI=1S/C7H6ClN3.C7H7N3O/c1-4-2-5-6(8)9-3-10-7(5)11-4;1-4-2-5-6(10-4)8-3-9-7(5)11/h2-3H,1H3,(H,9,10,11);2-3H,1H3,(H2,8,9,10,11). The van der Waals surface area contributed by atoms with E-state index in [9.17, 15) is 4.79 Å². The Balaban J connectivity index is 0.000000131. The number of aromatic amines is 3. The van der Waals surface area contributed by atoms with E-state index in [1.165, 1.54) is 12.7 Å². The van der Waals surface area contributed by atoms with Crippen molar-refractivity contribution in [3.05, 3.63) is 51.7 Å². The van der Waals surface area contributed by atoms with Crippen LogP contribution in [-0.2, 0) is 0 Å². The zero-order chi connectivity index (χ0) is 15.7. The van der Waals surface area contributed by atoms with Crippen molar-refractivity contribution in [1.82, 2.24) is 29.9 Å². The van der Waals surface area contributed by atoms with Gasteiger partial charge in [0.2, 0.25) is 0 Å². The van der Waals surface area contributed by atoms with E-state index >= 15 is 0 Å². The largest absolute Gasteiger partial charge is 0.343 e. The highest BCUT2D eigenvalue weighted by molar-refractivity contribution is 6.33. The Morgan fingerprint density at radius 3 is 2.23 bits per heavy atom. The Hall–Kier alpha value is -2.67. The van der Waals surface area contributed by atoms with E-state index in [1.807, 2.05) is 19.9 Å². The van der Waals surface area contributed by atoms with Crippen LogP contribution in [0.25, 0.3) is 22.1 Å². The molecule has 4 rings (SSSR count). The molecule has 0 bridgehead atoms. The first-order valence-corrected chi connectivity index (χ1v) is 6.91. The lowest BCUT2D eigenvalue weighted by molar-refractivity contribution is 1.15. The van der Waals surface area contributed by atoms with Crippen molar-refractivity contribution in [2.45, 2.75) is 13.8 Å². The number of fused-ring (bicyclic) bond motifs is 2. The second-order valence-corrected chi connectivity index (χ2v) is 5.18. The van der Waals surface area contributed by atoms with Gasteiger partial charge in [-0.25, -0.2) is 15.0 Å². The Bertz CT molecular complexity index is 999. The summed E-state index contributed by atoms with van der Waals surface area (Å²) in [6, 6.07) is 3.71. The third-order valence-corrected chi connectivity index (χ3v) is 3.38. The molecule has 0 saturated heterocycles. The number of halogens is 1. The lowest BCUT2D eigenvalue weighted by atomic mass is 10.4. The van der Waals surface area contributed by atoms with Gasteiger partial charge in [0.05, 0.1) is 17.1 Å². The number of aryl methyl sites for hydroxylation is 2. The molecule has 0 aromatic carbocycles. The van der Waals surface area contributed by atoms with Gasteiger partial charge in [0.15, 0.2) is 0 Å². The first kappa shape index (κ1) is 14.3. The molecule has 0 amide bonds. The molecule has 22 heavy (non-hydrogen) atoms. The van der Waals surface area contributed by atoms with Crippen LogP contribution in [0.3, 0.4) is 0 Å². The average molecular weight is 317 g/mol. The Labute approximate surface area is 129 Å². The maximum absolute atomic E-state index is 11.1. The fraction of sp³-hybridized carbons (Fsp3) is 0.143. The second-order valence-electron chi connectivity index (χ2n) is 4.83. The fourth-order valence-electron chi connectivity index (χ4n) is 2.12. The van der Waals surface area contributed by atoms with Crippen LogP contribution in [0, 0.1) is 13.8 Å². The van der Waals surface area contributed by atoms with Crippen molar-refractivity contribution in [3.63, 3.8) is 0 Å². The van der Waals surface area contributed by atoms with E-state index in [0.29, 0.717) is 16.2 Å². The van der Waals surface area contributed by atoms with Gasteiger partial charge >= 0.3 is 0 Å². The van der Waals surface area contributed by atoms with Crippen molar-refractivity contribution in [3.8, 4) is 0 Å². The van der Waals surface area contributed by atoms with Gasteiger partial charge in [-0.2, -0.15) is 0 Å². The summed E-state index contributed by atoms with van der Waals surface area (Å²) in [5, 5.41) is 2.00. The summed E-state index contributed by atoms with van der Waals surface area (Å²) in [5.74, 6) is 0. The van der Waals surface area contributed by atoms with Crippen LogP contribution < -0.4 is 5.56 Å². The SMILES string of the molecule is Cc1cc2c(=O)[nH]cnc2[nH]1.Cc1cc2c(Cl)ncnc2[nH]1. The molecule has 4 heterocycles. The maximum Gasteiger partial charge on any atom is 0.260 e. The van der Waals surface area contributed by atoms with Gasteiger partial charge in [0, 0.05) is 11.4 Å². The molecule has 8 heteroatoms. The Morgan fingerprint density at radius 1 is 0.955 bits per heavy atom. The van der Waals surface area contributed by atoms with Gasteiger partial charge in [0.25, 0.3) is 5.56 Å². The molecular weight excluding hydrogens is 304 g/mol. The summed E-state index contributed by atoms with van der Waals surface area (Å²) < 4.78 is 0. The molecule has 0 atom stereocenters. The highest BCUT2D eigenvalue weighted by Gasteiger charge is 2.02. The zero-order valence-corrected chi connectivity index (χ0v) is 12.7. The van der Waals surface area contributed by atoms with Gasteiger partial charge in [-0.1, -0.05) is 11.6 Å². The van der Waals surface area contributed by atoms with Crippen LogP contribution in [0.15, 0.2) is 29.6 Å². The number of hydrogen-bond donors (Lipinski definition) is 3. The van der Waals surface area contributed by atoms with Gasteiger partial charge < -0.3 is 15.0 Å². The van der Waals surface area contributed by atoms with Crippen molar-refractivity contribution in [1.29, 1.82) is 0 Å². The van der Waals surface area contributed by atoms with Gasteiger partial charge in [0.1, 0.15) is 22.8 Å². The van der Waals surface area contributed by atoms with E-state index in [0.717, 1.165) is 22.4 Å². The van der Waals surface area contributed by atoms with Crippen LogP contribution in [0.1, 0.15) is 11.4 Å². The summed E-state index contributed by atoms with van der Waals surface area (Å²) >= 11 is 5.80. The minimum absolute atomic E-state index is 0.0978. The minimum Gasteiger partial charge on any atom is -0.343 e. The number of rotatable bonds is 0. The zero-order valence-electron chi connectivity index (χ0n) is 11.9. The molecule has 0 aliphatic carbocycles. The first-order chi connectivity index (χ1) is 10.5. The highest BCUT2D eigenvalue weighted by Crippen LogP contribution is 2.18. The molecule has 0 saturated carbocycles. The smallest absolute Gasteiger partial charge is 0.260 e. The fourth-order valence-corrected chi connectivity index (χ4v) is 2.31. The number of nitrogens with one attached hydrogen (secondary N) is 3. The summed E-state index contributed by atoms with van der Waals surface area (Å²) in [5.41, 5.74) is 3.33. The molecule has 0 aliphatic heterocycles. The third-order valence-electron chi connectivity index (χ3n) is 3.08. The van der Waals surface area contributed by atoms with E-state index in [4.69, 9.17) is 11.6 Å². The lowest BCUT2D eigenvalue weighted by Gasteiger charge is -1.88. The van der Waals surface area contributed by atoms with E-state index in [1.54, 1.807) is 6.07 Å². The van der Waals surface area contributed by atoms with Crippen LogP contribution in [0.4, 0.5) is 0 Å². The third kappa shape index (κ3) is 2.71. The lowest BCUT2D eigenvalue weighted by Crippen LogP contribution is -2.04. The van der Waals surface area contributed by atoms with Crippen molar-refractivity contribution in [2.75, 3.05) is 0 Å². The van der Waals surface area contributed by atoms with E-state index in [-0.39, 0.29) is 5.56 Å². The molecule has 0 aliphatic rings. The van der Waals surface area contributed by atoms with Crippen LogP contribution in [0.5, 0.6) is 0 Å². The van der Waals surface area contributed by atoms with Crippen molar-refractivity contribution >= 4 is 33.7 Å². The number of aromatic nitrogens is 6. The minimum atomic E-state index is -0.0978. The van der Waals surface area contributed by atoms with E-state index in [2.05, 4.69) is 29.9 Å². The monoisotopic (exact) mass is 316 g/mol. The molecule has 4 aromatic heterocycles. The van der Waals surface area contributed by atoms with Gasteiger partial charge in [-0.15, -0.1) is 0 Å². The quantitative estimate of drug-likeness (QED) is 0.433. The summed E-state index contributed by atoms with van der Waals surface area (Å²) in [6.07, 6.45) is 2.83. The molecule has 112 valence electrons. The predicted molar refractivity (Wildman–Crippen MR) is 85.1 cm³/mol. The molecule has 0 radical (unpaired) electrons. The van der Waals surface area contributed by atoms with E-state index < -0.39 is 0 Å². The molecule has 7 nitrogen and oxygen atoms in total. The summed E-state index contributed by atoms with van der Waals surface area (Å²) in [6.45, 7) is 3.85. The molecular formula is C14H13ClN6O. The van der Waals surface area contributed by atoms with Crippen LogP contribution >= 0.6 is 11.6 Å². The average Bonchev–Trinajstić information content (AvgIpc) is 3.03. The topological polar surface area (TPSA) is 103 Å². The highest BCUT2D eigenvalue weighted by atomic mass is 35.5. The number of nitrogens with zero attached hydrogens (tertiary/aromatic N) is 3. The molecule has 0 unspecified atom stereocenters. The molecule has 4 aromatic rings. The van der Waals surface area contributed by atoms with Crippen molar-refractivity contribution in [2.24, 2.45) is 0 Å². The van der Waals surface area contributed by atoms with Gasteiger partial charge in [-0.3, -0.25) is 4.79 Å². The molecule has 3 N–H and O–H groups in total. The second kappa shape index (κ2) is 5.61. The predicted octanol–water partition coefficient (Wildman–Crippen LogP) is 2.48. The Kier molecular flexibility index (Phi) is 3.64. The Morgan fingerprint density at radius 2 is 1.59 bits per heavy atom. The molecule has 0 spiro atoms. The van der Waals surface area contributed by atoms with Gasteiger partial charge in [-0.05, 0) is 26.0 Å². The number of hydrogen-bond acceptors (Lipinski definition) is 4. The normalized spacial score (nSPS) is 10.7. The maximum atomic E-state index is 11.1.